The monoisotopic (exact) mass is 355 g/mol. The number of anilines is 1. The van der Waals surface area contributed by atoms with Crippen LogP contribution in [0.25, 0.3) is 0 Å². The molecule has 11 heteroatoms. The summed E-state index contributed by atoms with van der Waals surface area (Å²) in [4.78, 5) is 19.2. The fourth-order valence-corrected chi connectivity index (χ4v) is 2.45. The Labute approximate surface area is 140 Å². The zero-order chi connectivity index (χ0) is 17.9. The van der Waals surface area contributed by atoms with Crippen molar-refractivity contribution >= 4 is 11.9 Å². The van der Waals surface area contributed by atoms with Crippen molar-refractivity contribution in [1.82, 2.24) is 30.8 Å². The second-order valence-corrected chi connectivity index (χ2v) is 5.40. The summed E-state index contributed by atoms with van der Waals surface area (Å²) in [7, 11) is 0. The van der Waals surface area contributed by atoms with Crippen molar-refractivity contribution in [2.45, 2.75) is 19.1 Å². The van der Waals surface area contributed by atoms with Crippen molar-refractivity contribution in [3.63, 3.8) is 0 Å². The van der Waals surface area contributed by atoms with E-state index in [0.717, 1.165) is 36.5 Å². The molecular weight excluding hydrogens is 339 g/mol. The number of carbonyl (C=O) groups is 1. The first-order chi connectivity index (χ1) is 11.9. The Balaban J connectivity index is 1.50. The van der Waals surface area contributed by atoms with Crippen LogP contribution in [0.15, 0.2) is 12.3 Å². The van der Waals surface area contributed by atoms with Gasteiger partial charge in [-0.05, 0) is 6.07 Å². The third-order valence-corrected chi connectivity index (χ3v) is 3.66. The lowest BCUT2D eigenvalue weighted by atomic mass is 10.1. The minimum Gasteiger partial charge on any atom is -0.352 e. The summed E-state index contributed by atoms with van der Waals surface area (Å²) in [5.41, 5.74) is 1.10. The van der Waals surface area contributed by atoms with Crippen molar-refractivity contribution in [1.29, 1.82) is 0 Å². The van der Waals surface area contributed by atoms with Crippen LogP contribution in [0.5, 0.6) is 0 Å². The Hall–Kier alpha value is -2.69. The van der Waals surface area contributed by atoms with Gasteiger partial charge in [-0.1, -0.05) is 0 Å². The Morgan fingerprint density at radius 1 is 1.32 bits per heavy atom. The second kappa shape index (κ2) is 7.05. The normalized spacial score (nSPS) is 14.0. The molecule has 3 rings (SSSR count). The third-order valence-electron chi connectivity index (χ3n) is 3.66. The van der Waals surface area contributed by atoms with Gasteiger partial charge in [-0.15, -0.1) is 0 Å². The van der Waals surface area contributed by atoms with Gasteiger partial charge in [-0.3, -0.25) is 9.89 Å². The van der Waals surface area contributed by atoms with Crippen LogP contribution in [0.4, 0.5) is 19.1 Å². The summed E-state index contributed by atoms with van der Waals surface area (Å²) in [6.07, 6.45) is -2.72. The fraction of sp³-hybridized carbons (Fsp3) is 0.429. The quantitative estimate of drug-likeness (QED) is 0.589. The topological polar surface area (TPSA) is 108 Å². The van der Waals surface area contributed by atoms with Gasteiger partial charge in [0.05, 0.1) is 0 Å². The highest BCUT2D eigenvalue weighted by molar-refractivity contribution is 5.94. The molecule has 25 heavy (non-hydrogen) atoms. The molecule has 2 aromatic rings. The van der Waals surface area contributed by atoms with E-state index in [4.69, 9.17) is 0 Å². The first kappa shape index (κ1) is 17.1. The number of hydrogen-bond donors (Lipinski definition) is 4. The zero-order valence-electron chi connectivity index (χ0n) is 13.1. The van der Waals surface area contributed by atoms with Crippen LogP contribution in [-0.2, 0) is 19.1 Å². The van der Waals surface area contributed by atoms with Crippen molar-refractivity contribution in [3.05, 3.63) is 34.9 Å². The summed E-state index contributed by atoms with van der Waals surface area (Å²) in [5.74, 6) is -0.488. The van der Waals surface area contributed by atoms with Crippen LogP contribution in [0, 0.1) is 0 Å². The van der Waals surface area contributed by atoms with E-state index in [0.29, 0.717) is 12.2 Å². The Morgan fingerprint density at radius 2 is 2.16 bits per heavy atom. The molecule has 1 aliphatic heterocycles. The van der Waals surface area contributed by atoms with Crippen LogP contribution in [0.3, 0.4) is 0 Å². The van der Waals surface area contributed by atoms with E-state index in [9.17, 15) is 18.0 Å². The number of nitrogens with one attached hydrogen (secondary N) is 4. The van der Waals surface area contributed by atoms with Crippen LogP contribution >= 0.6 is 0 Å². The molecule has 8 nitrogen and oxygen atoms in total. The van der Waals surface area contributed by atoms with Crippen LogP contribution in [-0.4, -0.2) is 45.7 Å². The maximum Gasteiger partial charge on any atom is 0.433 e. The van der Waals surface area contributed by atoms with E-state index in [2.05, 4.69) is 36.1 Å². The van der Waals surface area contributed by atoms with Gasteiger partial charge in [0.25, 0.3) is 5.91 Å². The number of halogens is 3. The number of alkyl halides is 3. The van der Waals surface area contributed by atoms with Gasteiger partial charge in [0.1, 0.15) is 5.69 Å². The predicted octanol–water partition coefficient (Wildman–Crippen LogP) is 0.706. The van der Waals surface area contributed by atoms with Crippen LogP contribution in [0.2, 0.25) is 0 Å². The minimum absolute atomic E-state index is 0.148. The molecule has 0 saturated carbocycles. The highest BCUT2D eigenvalue weighted by atomic mass is 19.4. The second-order valence-electron chi connectivity index (χ2n) is 5.40. The molecule has 134 valence electrons. The SMILES string of the molecule is O=C(NCCNc1nccc(C(F)(F)F)n1)c1n[nH]c2c1CNCC2. The number of carbonyl (C=O) groups excluding carboxylic acids is 1. The molecule has 2 aromatic heterocycles. The van der Waals surface area contributed by atoms with E-state index < -0.39 is 11.9 Å². The molecule has 0 aliphatic carbocycles. The Morgan fingerprint density at radius 3 is 2.96 bits per heavy atom. The lowest BCUT2D eigenvalue weighted by Crippen LogP contribution is -2.31. The molecule has 0 saturated heterocycles. The molecule has 3 heterocycles. The van der Waals surface area contributed by atoms with E-state index in [1.165, 1.54) is 0 Å². The molecule has 1 amide bonds. The zero-order valence-corrected chi connectivity index (χ0v) is 13.1. The first-order valence-corrected chi connectivity index (χ1v) is 7.64. The summed E-state index contributed by atoms with van der Waals surface area (Å²) >= 11 is 0. The first-order valence-electron chi connectivity index (χ1n) is 7.64. The van der Waals surface area contributed by atoms with Crippen molar-refractivity contribution in [2.75, 3.05) is 25.0 Å². The highest BCUT2D eigenvalue weighted by Crippen LogP contribution is 2.27. The standard InChI is InChI=1S/C14H16F3N7O/c15-14(16,17)10-2-4-20-13(22-10)21-6-5-19-12(25)11-8-7-18-3-1-9(8)23-24-11/h2,4,18H,1,3,5-7H2,(H,19,25)(H,23,24)(H,20,21,22). The van der Waals surface area contributed by atoms with E-state index >= 15 is 0 Å². The number of nitrogens with zero attached hydrogens (tertiary/aromatic N) is 3. The smallest absolute Gasteiger partial charge is 0.352 e. The molecule has 4 N–H and O–H groups in total. The van der Waals surface area contributed by atoms with E-state index in [1.54, 1.807) is 0 Å². The van der Waals surface area contributed by atoms with Crippen LogP contribution in [0.1, 0.15) is 27.4 Å². The average molecular weight is 355 g/mol. The fourth-order valence-electron chi connectivity index (χ4n) is 2.45. The number of aromatic nitrogens is 4. The predicted molar refractivity (Wildman–Crippen MR) is 81.9 cm³/mol. The third kappa shape index (κ3) is 4.05. The lowest BCUT2D eigenvalue weighted by Gasteiger charge is -2.13. The minimum atomic E-state index is -4.53. The van der Waals surface area contributed by atoms with E-state index in [1.807, 2.05) is 0 Å². The number of amides is 1. The molecule has 0 radical (unpaired) electrons. The molecule has 0 fully saturated rings. The van der Waals surface area contributed by atoms with Gasteiger partial charge in [0.15, 0.2) is 5.69 Å². The van der Waals surface area contributed by atoms with Gasteiger partial charge in [0.2, 0.25) is 5.95 Å². The Kier molecular flexibility index (Phi) is 4.83. The van der Waals surface area contributed by atoms with Crippen molar-refractivity contribution in [3.8, 4) is 0 Å². The molecule has 0 aromatic carbocycles. The van der Waals surface area contributed by atoms with Crippen molar-refractivity contribution in [2.24, 2.45) is 0 Å². The summed E-state index contributed by atoms with van der Waals surface area (Å²) in [6, 6.07) is 0.793. The van der Waals surface area contributed by atoms with Gasteiger partial charge in [-0.25, -0.2) is 9.97 Å². The number of aromatic amines is 1. The van der Waals surface area contributed by atoms with Crippen LogP contribution < -0.4 is 16.0 Å². The van der Waals surface area contributed by atoms with Gasteiger partial charge >= 0.3 is 6.18 Å². The summed E-state index contributed by atoms with van der Waals surface area (Å²) in [6.45, 7) is 1.77. The maximum atomic E-state index is 12.6. The largest absolute Gasteiger partial charge is 0.433 e. The molecular formula is C14H16F3N7O. The van der Waals surface area contributed by atoms with Gasteiger partial charge < -0.3 is 16.0 Å². The van der Waals surface area contributed by atoms with Crippen molar-refractivity contribution < 1.29 is 18.0 Å². The molecule has 0 bridgehead atoms. The highest BCUT2D eigenvalue weighted by Gasteiger charge is 2.32. The molecule has 0 spiro atoms. The number of hydrogen-bond acceptors (Lipinski definition) is 6. The molecule has 1 aliphatic rings. The average Bonchev–Trinajstić information content (AvgIpc) is 3.02. The molecule has 0 atom stereocenters. The van der Waals surface area contributed by atoms with E-state index in [-0.39, 0.29) is 24.9 Å². The maximum absolute atomic E-state index is 12.6. The lowest BCUT2D eigenvalue weighted by molar-refractivity contribution is -0.141. The number of fused-ring (bicyclic) bond motifs is 1. The molecule has 0 unspecified atom stereocenters. The number of H-pyrrole nitrogens is 1. The summed E-state index contributed by atoms with van der Waals surface area (Å²) in [5, 5.41) is 15.3. The number of rotatable bonds is 5. The summed E-state index contributed by atoms with van der Waals surface area (Å²) < 4.78 is 37.7. The Bertz CT molecular complexity index is 759. The van der Waals surface area contributed by atoms with Gasteiger partial charge in [-0.2, -0.15) is 18.3 Å². The van der Waals surface area contributed by atoms with Gasteiger partial charge in [0, 0.05) is 50.1 Å².